The van der Waals surface area contributed by atoms with Crippen molar-refractivity contribution in [3.8, 4) is 0 Å². The first kappa shape index (κ1) is 15.0. The highest BCUT2D eigenvalue weighted by Gasteiger charge is 2.33. The number of halogens is 2. The van der Waals surface area contributed by atoms with Crippen molar-refractivity contribution < 1.29 is 19.1 Å². The van der Waals surface area contributed by atoms with E-state index in [4.69, 9.17) is 5.11 Å². The van der Waals surface area contributed by atoms with Gasteiger partial charge < -0.3 is 10.0 Å². The molecule has 1 heterocycles. The van der Waals surface area contributed by atoms with E-state index in [1.165, 1.54) is 11.0 Å². The highest BCUT2D eigenvalue weighted by Crippen LogP contribution is 2.20. The molecule has 2 rings (SSSR count). The van der Waals surface area contributed by atoms with Crippen molar-refractivity contribution in [2.75, 3.05) is 6.54 Å². The molecule has 0 aliphatic carbocycles. The fourth-order valence-corrected chi connectivity index (χ4v) is 2.76. The van der Waals surface area contributed by atoms with E-state index in [0.29, 0.717) is 29.4 Å². The van der Waals surface area contributed by atoms with Gasteiger partial charge in [0.05, 0.1) is 0 Å². The van der Waals surface area contributed by atoms with Crippen molar-refractivity contribution in [1.82, 2.24) is 4.90 Å². The summed E-state index contributed by atoms with van der Waals surface area (Å²) in [6.07, 6.45) is 1.60. The van der Waals surface area contributed by atoms with Crippen LogP contribution in [-0.2, 0) is 16.0 Å². The number of carboxylic acid groups (broad SMARTS) is 1. The molecule has 6 heteroatoms. The molecule has 108 valence electrons. The van der Waals surface area contributed by atoms with Gasteiger partial charge in [0, 0.05) is 17.4 Å². The molecule has 0 unspecified atom stereocenters. The topological polar surface area (TPSA) is 57.6 Å². The van der Waals surface area contributed by atoms with E-state index in [1.54, 1.807) is 12.1 Å². The van der Waals surface area contributed by atoms with Crippen LogP contribution in [0.3, 0.4) is 0 Å². The second-order valence-electron chi connectivity index (χ2n) is 4.82. The monoisotopic (exact) mass is 343 g/mol. The summed E-state index contributed by atoms with van der Waals surface area (Å²) in [5, 5.41) is 9.03. The number of likely N-dealkylation sites (tertiary alicyclic amines) is 1. The van der Waals surface area contributed by atoms with Crippen LogP contribution in [0.5, 0.6) is 0 Å². The van der Waals surface area contributed by atoms with Gasteiger partial charge in [0.2, 0.25) is 5.91 Å². The standard InChI is InChI=1S/C14H15BrFNO3/c15-10-5-3-9(11(16)8-10)4-6-13(18)17-7-1-2-12(17)14(19)20/h3,5,8,12H,1-2,4,6-7H2,(H,19,20)/t12-/m1/s1. The summed E-state index contributed by atoms with van der Waals surface area (Å²) in [6.45, 7) is 0.471. The summed E-state index contributed by atoms with van der Waals surface area (Å²) in [6, 6.07) is 3.98. The van der Waals surface area contributed by atoms with E-state index >= 15 is 0 Å². The lowest BCUT2D eigenvalue weighted by Gasteiger charge is -2.21. The Morgan fingerprint density at radius 2 is 2.20 bits per heavy atom. The smallest absolute Gasteiger partial charge is 0.326 e. The molecule has 1 aliphatic heterocycles. The largest absolute Gasteiger partial charge is 0.480 e. The molecule has 0 bridgehead atoms. The van der Waals surface area contributed by atoms with Crippen molar-refractivity contribution in [2.45, 2.75) is 31.7 Å². The van der Waals surface area contributed by atoms with E-state index < -0.39 is 12.0 Å². The van der Waals surface area contributed by atoms with Gasteiger partial charge in [0.25, 0.3) is 0 Å². The third kappa shape index (κ3) is 3.36. The van der Waals surface area contributed by atoms with E-state index in [0.717, 1.165) is 0 Å². The van der Waals surface area contributed by atoms with Crippen LogP contribution in [0.4, 0.5) is 4.39 Å². The van der Waals surface area contributed by atoms with Gasteiger partial charge >= 0.3 is 5.97 Å². The zero-order chi connectivity index (χ0) is 14.7. The quantitative estimate of drug-likeness (QED) is 0.914. The number of aliphatic carboxylic acids is 1. The maximum atomic E-state index is 13.6. The van der Waals surface area contributed by atoms with Crippen LogP contribution in [0.15, 0.2) is 22.7 Å². The zero-order valence-electron chi connectivity index (χ0n) is 10.8. The van der Waals surface area contributed by atoms with Gasteiger partial charge in [-0.15, -0.1) is 0 Å². The third-order valence-corrected chi connectivity index (χ3v) is 3.97. The molecule has 1 aromatic rings. The van der Waals surface area contributed by atoms with Crippen molar-refractivity contribution >= 4 is 27.8 Å². The minimum atomic E-state index is -0.967. The molecule has 20 heavy (non-hydrogen) atoms. The molecular weight excluding hydrogens is 329 g/mol. The zero-order valence-corrected chi connectivity index (χ0v) is 12.4. The van der Waals surface area contributed by atoms with E-state index in [9.17, 15) is 14.0 Å². The highest BCUT2D eigenvalue weighted by atomic mass is 79.9. The lowest BCUT2D eigenvalue weighted by molar-refractivity contribution is -0.148. The fourth-order valence-electron chi connectivity index (χ4n) is 2.43. The number of nitrogens with zero attached hydrogens (tertiary/aromatic N) is 1. The van der Waals surface area contributed by atoms with Crippen LogP contribution in [0, 0.1) is 5.82 Å². The molecule has 1 amide bonds. The molecule has 1 aliphatic rings. The highest BCUT2D eigenvalue weighted by molar-refractivity contribution is 9.10. The van der Waals surface area contributed by atoms with Crippen molar-refractivity contribution in [1.29, 1.82) is 0 Å². The molecule has 0 spiro atoms. The molecule has 0 radical (unpaired) electrons. The Morgan fingerprint density at radius 1 is 1.45 bits per heavy atom. The molecular formula is C14H15BrFNO3. The summed E-state index contributed by atoms with van der Waals surface area (Å²) in [7, 11) is 0. The van der Waals surface area contributed by atoms with E-state index in [1.807, 2.05) is 0 Å². The Hall–Kier alpha value is -1.43. The van der Waals surface area contributed by atoms with Gasteiger partial charge in [-0.1, -0.05) is 22.0 Å². The average Bonchev–Trinajstić information content (AvgIpc) is 2.86. The first-order valence-corrected chi connectivity index (χ1v) is 7.24. The van der Waals surface area contributed by atoms with Crippen molar-refractivity contribution in [3.63, 3.8) is 0 Å². The van der Waals surface area contributed by atoms with Gasteiger partial charge in [-0.25, -0.2) is 9.18 Å². The molecule has 1 N–H and O–H groups in total. The van der Waals surface area contributed by atoms with Gasteiger partial charge in [-0.05, 0) is 37.0 Å². The van der Waals surface area contributed by atoms with Gasteiger partial charge in [0.15, 0.2) is 0 Å². The molecule has 1 fully saturated rings. The summed E-state index contributed by atoms with van der Waals surface area (Å²) in [5.41, 5.74) is 0.465. The summed E-state index contributed by atoms with van der Waals surface area (Å²) < 4.78 is 14.3. The van der Waals surface area contributed by atoms with Gasteiger partial charge in [-0.3, -0.25) is 4.79 Å². The van der Waals surface area contributed by atoms with Crippen LogP contribution >= 0.6 is 15.9 Å². The Labute approximate surface area is 124 Å². The van der Waals surface area contributed by atoms with Crippen molar-refractivity contribution in [2.24, 2.45) is 0 Å². The predicted molar refractivity (Wildman–Crippen MR) is 74.8 cm³/mol. The fraction of sp³-hybridized carbons (Fsp3) is 0.429. The van der Waals surface area contributed by atoms with E-state index in [-0.39, 0.29) is 24.6 Å². The number of rotatable bonds is 4. The third-order valence-electron chi connectivity index (χ3n) is 3.48. The minimum Gasteiger partial charge on any atom is -0.480 e. The normalized spacial score (nSPS) is 18.3. The first-order valence-electron chi connectivity index (χ1n) is 6.45. The van der Waals surface area contributed by atoms with Crippen LogP contribution in [0.1, 0.15) is 24.8 Å². The van der Waals surface area contributed by atoms with Crippen LogP contribution in [-0.4, -0.2) is 34.5 Å². The molecule has 1 atom stereocenters. The summed E-state index contributed by atoms with van der Waals surface area (Å²) in [5.74, 6) is -1.55. The number of amides is 1. The lowest BCUT2D eigenvalue weighted by Crippen LogP contribution is -2.40. The maximum Gasteiger partial charge on any atom is 0.326 e. The number of benzene rings is 1. The second-order valence-corrected chi connectivity index (χ2v) is 5.73. The van der Waals surface area contributed by atoms with Crippen LogP contribution < -0.4 is 0 Å². The van der Waals surface area contributed by atoms with Crippen LogP contribution in [0.2, 0.25) is 0 Å². The Balaban J connectivity index is 1.96. The Kier molecular flexibility index (Phi) is 4.75. The Bertz CT molecular complexity index is 535. The number of carboxylic acids is 1. The SMILES string of the molecule is O=C(O)[C@H]1CCCN1C(=O)CCc1ccc(Br)cc1F. The van der Waals surface area contributed by atoms with Crippen molar-refractivity contribution in [3.05, 3.63) is 34.1 Å². The lowest BCUT2D eigenvalue weighted by atomic mass is 10.1. The number of carbonyl (C=O) groups excluding carboxylic acids is 1. The Morgan fingerprint density at radius 3 is 2.85 bits per heavy atom. The second kappa shape index (κ2) is 6.35. The first-order chi connectivity index (χ1) is 9.49. The molecule has 1 aromatic carbocycles. The van der Waals surface area contributed by atoms with E-state index in [2.05, 4.69) is 15.9 Å². The number of hydrogen-bond donors (Lipinski definition) is 1. The molecule has 1 saturated heterocycles. The van der Waals surface area contributed by atoms with Gasteiger partial charge in [0.1, 0.15) is 11.9 Å². The maximum absolute atomic E-state index is 13.6. The number of carbonyl (C=O) groups is 2. The predicted octanol–water partition coefficient (Wildman–Crippen LogP) is 2.60. The summed E-state index contributed by atoms with van der Waals surface area (Å²) >= 11 is 3.17. The molecule has 0 saturated carbocycles. The number of hydrogen-bond acceptors (Lipinski definition) is 2. The van der Waals surface area contributed by atoms with Gasteiger partial charge in [-0.2, -0.15) is 0 Å². The molecule has 0 aromatic heterocycles. The van der Waals surface area contributed by atoms with Crippen LogP contribution in [0.25, 0.3) is 0 Å². The number of aryl methyl sites for hydroxylation is 1. The average molecular weight is 344 g/mol. The minimum absolute atomic E-state index is 0.127. The summed E-state index contributed by atoms with van der Waals surface area (Å²) in [4.78, 5) is 24.5. The molecule has 4 nitrogen and oxygen atoms in total.